The molecule has 12 heavy (non-hydrogen) atoms. The average molecular weight is 165 g/mol. The number of amides is 1. The number of carbonyl (C=O) groups excluding carboxylic acids is 1. The molecule has 0 saturated heterocycles. The molecule has 64 valence electrons. The predicted molar refractivity (Wildman–Crippen MR) is 44.7 cm³/mol. The second-order valence-corrected chi connectivity index (χ2v) is 2.51. The van der Waals surface area contributed by atoms with Gasteiger partial charge in [-0.1, -0.05) is 6.92 Å². The molecule has 0 aliphatic heterocycles. The lowest BCUT2D eigenvalue weighted by Crippen LogP contribution is -2.16. The van der Waals surface area contributed by atoms with Crippen molar-refractivity contribution in [2.75, 3.05) is 0 Å². The molecular weight excluding hydrogens is 154 g/mol. The fourth-order valence-corrected chi connectivity index (χ4v) is 0.967. The smallest absolute Gasteiger partial charge is 0.267 e. The Balaban J connectivity index is 3.21. The lowest BCUT2D eigenvalue weighted by atomic mass is 10.2. The minimum absolute atomic E-state index is 0.338. The van der Waals surface area contributed by atoms with Gasteiger partial charge in [-0.3, -0.25) is 4.79 Å². The quantitative estimate of drug-likeness (QED) is 0.691. The summed E-state index contributed by atoms with van der Waals surface area (Å²) in [5, 5.41) is 0. The van der Waals surface area contributed by atoms with Crippen LogP contribution in [0.2, 0.25) is 0 Å². The maximum absolute atomic E-state index is 10.9. The lowest BCUT2D eigenvalue weighted by Gasteiger charge is -2.02. The van der Waals surface area contributed by atoms with E-state index < -0.39 is 5.91 Å². The molecule has 4 nitrogen and oxygen atoms in total. The van der Waals surface area contributed by atoms with Gasteiger partial charge in [-0.05, 0) is 13.3 Å². The molecule has 1 amide bonds. The van der Waals surface area contributed by atoms with Crippen molar-refractivity contribution >= 4 is 5.91 Å². The summed E-state index contributed by atoms with van der Waals surface area (Å²) in [6.45, 7) is 3.66. The van der Waals surface area contributed by atoms with Gasteiger partial charge in [0.1, 0.15) is 11.5 Å². The Hall–Kier alpha value is -1.45. The monoisotopic (exact) mass is 165 g/mol. The van der Waals surface area contributed by atoms with E-state index in [1.807, 2.05) is 6.92 Å². The van der Waals surface area contributed by atoms with E-state index in [2.05, 4.69) is 9.97 Å². The summed E-state index contributed by atoms with van der Waals surface area (Å²) in [6, 6.07) is 0. The van der Waals surface area contributed by atoms with Crippen molar-refractivity contribution in [1.82, 2.24) is 9.97 Å². The van der Waals surface area contributed by atoms with Crippen LogP contribution in [0, 0.1) is 6.92 Å². The Morgan fingerprint density at radius 1 is 1.67 bits per heavy atom. The third-order valence-corrected chi connectivity index (χ3v) is 1.60. The van der Waals surface area contributed by atoms with Gasteiger partial charge in [-0.15, -0.1) is 0 Å². The van der Waals surface area contributed by atoms with Crippen molar-refractivity contribution in [3.63, 3.8) is 0 Å². The largest absolute Gasteiger partial charge is 0.364 e. The van der Waals surface area contributed by atoms with E-state index in [0.717, 1.165) is 12.0 Å². The zero-order valence-corrected chi connectivity index (χ0v) is 7.16. The normalized spacial score (nSPS) is 9.83. The number of aryl methyl sites for hydroxylation is 2. The van der Waals surface area contributed by atoms with Crippen LogP contribution in [0.4, 0.5) is 0 Å². The van der Waals surface area contributed by atoms with Crippen LogP contribution in [-0.2, 0) is 6.42 Å². The number of nitrogens with two attached hydrogens (primary N) is 1. The summed E-state index contributed by atoms with van der Waals surface area (Å²) in [5.74, 6) is 0.0818. The number of primary amides is 1. The highest BCUT2D eigenvalue weighted by molar-refractivity contribution is 5.92. The summed E-state index contributed by atoms with van der Waals surface area (Å²) >= 11 is 0. The predicted octanol–water partition coefficient (Wildman–Crippen LogP) is 0.446. The number of aromatic nitrogens is 2. The standard InChI is InChI=1S/C8H11N3O/c1-3-6-4-10-5(2)11-7(6)8(9)12/h4H,3H2,1-2H3,(H2,9,12). The SMILES string of the molecule is CCc1cnc(C)nc1C(N)=O. The molecule has 0 unspecified atom stereocenters. The molecule has 0 atom stereocenters. The van der Waals surface area contributed by atoms with Crippen LogP contribution in [0.3, 0.4) is 0 Å². The minimum atomic E-state index is -0.489. The van der Waals surface area contributed by atoms with Gasteiger partial charge in [0, 0.05) is 11.8 Å². The van der Waals surface area contributed by atoms with E-state index >= 15 is 0 Å². The van der Waals surface area contributed by atoms with Gasteiger partial charge in [0.25, 0.3) is 5.91 Å². The number of carbonyl (C=O) groups is 1. The molecular formula is C8H11N3O. The first kappa shape index (κ1) is 8.64. The zero-order chi connectivity index (χ0) is 9.14. The molecule has 0 aliphatic rings. The van der Waals surface area contributed by atoms with Crippen molar-refractivity contribution in [3.8, 4) is 0 Å². The maximum atomic E-state index is 10.9. The van der Waals surface area contributed by atoms with Crippen LogP contribution in [0.5, 0.6) is 0 Å². The van der Waals surface area contributed by atoms with Crippen molar-refractivity contribution in [1.29, 1.82) is 0 Å². The first-order valence-electron chi connectivity index (χ1n) is 3.77. The number of rotatable bonds is 2. The van der Waals surface area contributed by atoms with Gasteiger partial charge in [-0.25, -0.2) is 9.97 Å². The van der Waals surface area contributed by atoms with Gasteiger partial charge in [0.2, 0.25) is 0 Å². The fourth-order valence-electron chi connectivity index (χ4n) is 0.967. The topological polar surface area (TPSA) is 68.9 Å². The van der Waals surface area contributed by atoms with Crippen molar-refractivity contribution in [2.45, 2.75) is 20.3 Å². The Bertz CT molecular complexity index is 309. The maximum Gasteiger partial charge on any atom is 0.267 e. The number of hydrogen-bond acceptors (Lipinski definition) is 3. The van der Waals surface area contributed by atoms with Crippen LogP contribution in [0.1, 0.15) is 28.8 Å². The summed E-state index contributed by atoms with van der Waals surface area (Å²) in [7, 11) is 0. The molecule has 1 aromatic rings. The van der Waals surface area contributed by atoms with Gasteiger partial charge in [0.05, 0.1) is 0 Å². The second kappa shape index (κ2) is 3.30. The van der Waals surface area contributed by atoms with Crippen molar-refractivity contribution < 1.29 is 4.79 Å². The summed E-state index contributed by atoms with van der Waals surface area (Å²) < 4.78 is 0. The summed E-state index contributed by atoms with van der Waals surface area (Å²) in [6.07, 6.45) is 2.36. The number of nitrogens with zero attached hydrogens (tertiary/aromatic N) is 2. The molecule has 1 aromatic heterocycles. The third-order valence-electron chi connectivity index (χ3n) is 1.60. The van der Waals surface area contributed by atoms with Gasteiger partial charge in [-0.2, -0.15) is 0 Å². The van der Waals surface area contributed by atoms with E-state index in [1.54, 1.807) is 13.1 Å². The molecule has 0 bridgehead atoms. The van der Waals surface area contributed by atoms with E-state index in [0.29, 0.717) is 11.5 Å². The Morgan fingerprint density at radius 2 is 2.33 bits per heavy atom. The van der Waals surface area contributed by atoms with Crippen LogP contribution in [0.25, 0.3) is 0 Å². The molecule has 0 saturated carbocycles. The van der Waals surface area contributed by atoms with E-state index in [9.17, 15) is 4.79 Å². The molecule has 4 heteroatoms. The van der Waals surface area contributed by atoms with Crippen LogP contribution in [0.15, 0.2) is 6.20 Å². The molecule has 0 aliphatic carbocycles. The first-order valence-corrected chi connectivity index (χ1v) is 3.77. The molecule has 0 radical (unpaired) electrons. The van der Waals surface area contributed by atoms with Crippen LogP contribution in [-0.4, -0.2) is 15.9 Å². The Morgan fingerprint density at radius 3 is 2.83 bits per heavy atom. The molecule has 0 spiro atoms. The lowest BCUT2D eigenvalue weighted by molar-refractivity contribution is 0.0994. The molecule has 0 aromatic carbocycles. The van der Waals surface area contributed by atoms with E-state index in [1.165, 1.54) is 0 Å². The highest BCUT2D eigenvalue weighted by Crippen LogP contribution is 2.04. The van der Waals surface area contributed by atoms with Crippen LogP contribution >= 0.6 is 0 Å². The van der Waals surface area contributed by atoms with E-state index in [4.69, 9.17) is 5.73 Å². The minimum Gasteiger partial charge on any atom is -0.364 e. The number of hydrogen-bond donors (Lipinski definition) is 1. The Labute approximate surface area is 70.8 Å². The van der Waals surface area contributed by atoms with Gasteiger partial charge >= 0.3 is 0 Å². The highest BCUT2D eigenvalue weighted by Gasteiger charge is 2.08. The molecule has 1 heterocycles. The molecule has 2 N–H and O–H groups in total. The zero-order valence-electron chi connectivity index (χ0n) is 7.16. The summed E-state index contributed by atoms with van der Waals surface area (Å²) in [4.78, 5) is 18.8. The third kappa shape index (κ3) is 1.58. The van der Waals surface area contributed by atoms with Crippen molar-refractivity contribution in [2.24, 2.45) is 5.73 Å². The van der Waals surface area contributed by atoms with Crippen LogP contribution < -0.4 is 5.73 Å². The van der Waals surface area contributed by atoms with Gasteiger partial charge in [0.15, 0.2) is 0 Å². The first-order chi connectivity index (χ1) is 5.65. The Kier molecular flexibility index (Phi) is 2.38. The molecule has 1 rings (SSSR count). The summed E-state index contributed by atoms with van der Waals surface area (Å²) in [5.41, 5.74) is 6.27. The second-order valence-electron chi connectivity index (χ2n) is 2.51. The van der Waals surface area contributed by atoms with Crippen molar-refractivity contribution in [3.05, 3.63) is 23.3 Å². The van der Waals surface area contributed by atoms with E-state index in [-0.39, 0.29) is 0 Å². The molecule has 0 fully saturated rings. The van der Waals surface area contributed by atoms with Gasteiger partial charge < -0.3 is 5.73 Å². The highest BCUT2D eigenvalue weighted by atomic mass is 16.1. The average Bonchev–Trinajstić information content (AvgIpc) is 2.04. The fraction of sp³-hybridized carbons (Fsp3) is 0.375.